The van der Waals surface area contributed by atoms with E-state index in [0.29, 0.717) is 23.7 Å². The molecular weight excluding hydrogens is 208 g/mol. The number of rotatable bonds is 2. The summed E-state index contributed by atoms with van der Waals surface area (Å²) in [5.74, 6) is 1.56. The standard InChI is InChI=1S/C12H12O4/c13-11(14)9-7-3-1-2-5(3)8(6(2)4(1)7)10(9)12(15)16/h1-10H,(H,13,14)(H,15,16)/t1?,2?,3-,4-,5+,6+,7?,8?,9+,10-. The smallest absolute Gasteiger partial charge is 0.307 e. The molecule has 0 aromatic carbocycles. The fourth-order valence-corrected chi connectivity index (χ4v) is 6.62. The van der Waals surface area contributed by atoms with Gasteiger partial charge in [0.1, 0.15) is 0 Å². The first-order chi connectivity index (χ1) is 7.64. The van der Waals surface area contributed by atoms with Gasteiger partial charge in [0.05, 0.1) is 11.8 Å². The van der Waals surface area contributed by atoms with E-state index in [4.69, 9.17) is 0 Å². The Bertz CT molecular complexity index is 396. The Kier molecular flexibility index (Phi) is 0.967. The summed E-state index contributed by atoms with van der Waals surface area (Å²) in [6.07, 6.45) is 0. The van der Waals surface area contributed by atoms with E-state index in [1.165, 1.54) is 0 Å². The number of carboxylic acid groups (broad SMARTS) is 2. The molecule has 4 nitrogen and oxygen atoms in total. The highest BCUT2D eigenvalue weighted by atomic mass is 16.4. The van der Waals surface area contributed by atoms with E-state index in [-0.39, 0.29) is 11.8 Å². The molecule has 0 radical (unpaired) electrons. The first-order valence-electron chi connectivity index (χ1n) is 6.10. The van der Waals surface area contributed by atoms with E-state index in [1.54, 1.807) is 0 Å². The molecule has 4 heteroatoms. The van der Waals surface area contributed by atoms with Gasteiger partial charge in [0, 0.05) is 0 Å². The third-order valence-electron chi connectivity index (χ3n) is 6.68. The van der Waals surface area contributed by atoms with E-state index in [2.05, 4.69) is 0 Å². The summed E-state index contributed by atoms with van der Waals surface area (Å²) in [4.78, 5) is 22.6. The van der Waals surface area contributed by atoms with Crippen LogP contribution in [-0.4, -0.2) is 22.2 Å². The second-order valence-corrected chi connectivity index (χ2v) is 6.35. The van der Waals surface area contributed by atoms with Gasteiger partial charge in [-0.25, -0.2) is 0 Å². The maximum absolute atomic E-state index is 11.3. The Labute approximate surface area is 91.6 Å². The third-order valence-corrected chi connectivity index (χ3v) is 6.68. The molecular formula is C12H12O4. The van der Waals surface area contributed by atoms with Crippen molar-refractivity contribution in [2.24, 2.45) is 59.2 Å². The molecule has 0 aromatic rings. The molecule has 6 saturated carbocycles. The minimum absolute atomic E-state index is 0.216. The van der Waals surface area contributed by atoms with E-state index >= 15 is 0 Å². The average molecular weight is 220 g/mol. The molecule has 2 bridgehead atoms. The van der Waals surface area contributed by atoms with Crippen LogP contribution < -0.4 is 0 Å². The van der Waals surface area contributed by atoms with Crippen molar-refractivity contribution in [3.8, 4) is 0 Å². The van der Waals surface area contributed by atoms with Crippen LogP contribution in [0.4, 0.5) is 0 Å². The molecule has 6 fully saturated rings. The van der Waals surface area contributed by atoms with Crippen LogP contribution >= 0.6 is 0 Å². The van der Waals surface area contributed by atoms with Gasteiger partial charge >= 0.3 is 11.9 Å². The molecule has 0 unspecified atom stereocenters. The van der Waals surface area contributed by atoms with Gasteiger partial charge in [-0.3, -0.25) is 9.59 Å². The van der Waals surface area contributed by atoms with Crippen molar-refractivity contribution in [3.63, 3.8) is 0 Å². The lowest BCUT2D eigenvalue weighted by atomic mass is 9.09. The number of aliphatic carboxylic acids is 2. The van der Waals surface area contributed by atoms with Gasteiger partial charge < -0.3 is 10.2 Å². The number of hydrogen-bond acceptors (Lipinski definition) is 2. The summed E-state index contributed by atoms with van der Waals surface area (Å²) in [7, 11) is 0. The minimum Gasteiger partial charge on any atom is -0.481 e. The van der Waals surface area contributed by atoms with Gasteiger partial charge in [-0.2, -0.15) is 0 Å². The number of carbonyl (C=O) groups is 2. The van der Waals surface area contributed by atoms with Crippen LogP contribution in [0.5, 0.6) is 0 Å². The van der Waals surface area contributed by atoms with Gasteiger partial charge in [-0.1, -0.05) is 0 Å². The molecule has 0 spiro atoms. The largest absolute Gasteiger partial charge is 0.481 e. The van der Waals surface area contributed by atoms with Crippen molar-refractivity contribution >= 4 is 11.9 Å². The molecule has 6 atom stereocenters. The predicted octanol–water partition coefficient (Wildman–Crippen LogP) is 0.386. The Morgan fingerprint density at radius 3 is 1.06 bits per heavy atom. The fraction of sp³-hybridized carbons (Fsp3) is 0.833. The number of carboxylic acids is 2. The molecule has 0 heterocycles. The Morgan fingerprint density at radius 1 is 0.562 bits per heavy atom. The zero-order valence-electron chi connectivity index (χ0n) is 8.48. The molecule has 6 rings (SSSR count). The highest BCUT2D eigenvalue weighted by Gasteiger charge is 2.92. The fourth-order valence-electron chi connectivity index (χ4n) is 6.62. The van der Waals surface area contributed by atoms with E-state index in [0.717, 1.165) is 11.8 Å². The first kappa shape index (κ1) is 8.09. The summed E-state index contributed by atoms with van der Waals surface area (Å²) in [5.41, 5.74) is 0. The first-order valence-corrected chi connectivity index (χ1v) is 6.10. The van der Waals surface area contributed by atoms with E-state index in [1.807, 2.05) is 0 Å². The van der Waals surface area contributed by atoms with Crippen LogP contribution in [0.1, 0.15) is 0 Å². The molecule has 16 heavy (non-hydrogen) atoms. The third kappa shape index (κ3) is 0.466. The van der Waals surface area contributed by atoms with Crippen molar-refractivity contribution in [2.45, 2.75) is 0 Å². The van der Waals surface area contributed by atoms with Crippen LogP contribution in [0.2, 0.25) is 0 Å². The zero-order chi connectivity index (χ0) is 10.9. The van der Waals surface area contributed by atoms with Gasteiger partial charge in [0.15, 0.2) is 0 Å². The highest BCUT2D eigenvalue weighted by Crippen LogP contribution is 2.93. The second kappa shape index (κ2) is 1.91. The van der Waals surface area contributed by atoms with Gasteiger partial charge in [-0.15, -0.1) is 0 Å². The van der Waals surface area contributed by atoms with E-state index < -0.39 is 23.8 Å². The van der Waals surface area contributed by atoms with Crippen molar-refractivity contribution in [1.29, 1.82) is 0 Å². The number of fused-ring (bicyclic) bond motifs is 1. The molecule has 0 amide bonds. The second-order valence-electron chi connectivity index (χ2n) is 6.35. The normalized spacial score (nSPS) is 70.2. The Balaban J connectivity index is 1.63. The molecule has 84 valence electrons. The SMILES string of the molecule is O=C(O)[C@@H]1C2[C@H]3C4C5[C@H]3C([C@H]5[C@H]42)[C@@H]1C(=O)O. The molecule has 2 N–H and O–H groups in total. The average Bonchev–Trinajstić information content (AvgIpc) is 2.15. The monoisotopic (exact) mass is 220 g/mol. The predicted molar refractivity (Wildman–Crippen MR) is 50.2 cm³/mol. The van der Waals surface area contributed by atoms with Crippen LogP contribution in [0.25, 0.3) is 0 Å². The lowest BCUT2D eigenvalue weighted by molar-refractivity contribution is -0.478. The van der Waals surface area contributed by atoms with E-state index in [9.17, 15) is 19.8 Å². The summed E-state index contributed by atoms with van der Waals surface area (Å²) in [6.45, 7) is 0. The summed E-state index contributed by atoms with van der Waals surface area (Å²) in [6, 6.07) is 0. The van der Waals surface area contributed by atoms with Crippen LogP contribution in [0.15, 0.2) is 0 Å². The molecule has 6 aliphatic rings. The maximum atomic E-state index is 11.3. The van der Waals surface area contributed by atoms with Crippen LogP contribution in [-0.2, 0) is 9.59 Å². The van der Waals surface area contributed by atoms with Crippen LogP contribution in [0, 0.1) is 59.2 Å². The molecule has 0 aliphatic heterocycles. The Hall–Kier alpha value is -1.06. The maximum Gasteiger partial charge on any atom is 0.307 e. The summed E-state index contributed by atoms with van der Waals surface area (Å²) < 4.78 is 0. The quantitative estimate of drug-likeness (QED) is 0.705. The molecule has 6 aliphatic carbocycles. The lowest BCUT2D eigenvalue weighted by Crippen LogP contribution is -2.93. The summed E-state index contributed by atoms with van der Waals surface area (Å²) >= 11 is 0. The highest BCUT2D eigenvalue weighted by molar-refractivity contribution is 5.82. The summed E-state index contributed by atoms with van der Waals surface area (Å²) in [5, 5.41) is 18.5. The Morgan fingerprint density at radius 2 is 0.812 bits per heavy atom. The van der Waals surface area contributed by atoms with Crippen molar-refractivity contribution in [1.82, 2.24) is 0 Å². The minimum atomic E-state index is -0.867. The van der Waals surface area contributed by atoms with Crippen LogP contribution in [0.3, 0.4) is 0 Å². The zero-order valence-corrected chi connectivity index (χ0v) is 8.48. The van der Waals surface area contributed by atoms with Gasteiger partial charge in [0.25, 0.3) is 0 Å². The van der Waals surface area contributed by atoms with Crippen molar-refractivity contribution in [3.05, 3.63) is 0 Å². The van der Waals surface area contributed by atoms with Crippen molar-refractivity contribution in [2.75, 3.05) is 0 Å². The molecule has 0 saturated heterocycles. The van der Waals surface area contributed by atoms with Gasteiger partial charge in [0.2, 0.25) is 0 Å². The van der Waals surface area contributed by atoms with Gasteiger partial charge in [-0.05, 0) is 47.3 Å². The topological polar surface area (TPSA) is 74.6 Å². The lowest BCUT2D eigenvalue weighted by Gasteiger charge is -2.94. The molecule has 0 aromatic heterocycles. The number of hydrogen-bond donors (Lipinski definition) is 2. The van der Waals surface area contributed by atoms with Crippen molar-refractivity contribution < 1.29 is 19.8 Å².